The molecule has 2 aliphatic heterocycles. The lowest BCUT2D eigenvalue weighted by atomic mass is 9.77. The summed E-state index contributed by atoms with van der Waals surface area (Å²) in [7, 11) is 0. The molecule has 0 amide bonds. The number of esters is 1. The van der Waals surface area contributed by atoms with E-state index in [9.17, 15) is 4.79 Å². The van der Waals surface area contributed by atoms with Gasteiger partial charge in [0.2, 0.25) is 0 Å². The molecule has 2 heterocycles. The number of carbonyl (C=O) groups is 1. The van der Waals surface area contributed by atoms with Crippen LogP contribution in [0.3, 0.4) is 0 Å². The smallest absolute Gasteiger partial charge is 0.340 e. The fraction of sp³-hybridized carbons (Fsp3) is 0.0312. The van der Waals surface area contributed by atoms with E-state index in [1.54, 1.807) is 18.2 Å². The topological polar surface area (TPSA) is 59.6 Å². The molecule has 1 unspecified atom stereocenters. The van der Waals surface area contributed by atoms with Gasteiger partial charge in [-0.25, -0.2) is 4.79 Å². The fourth-order valence-electron chi connectivity index (χ4n) is 5.22. The van der Waals surface area contributed by atoms with E-state index in [2.05, 4.69) is 10.6 Å². The van der Waals surface area contributed by atoms with Gasteiger partial charge in [-0.2, -0.15) is 0 Å². The number of benzene rings is 5. The van der Waals surface area contributed by atoms with Crippen molar-refractivity contribution in [2.24, 2.45) is 0 Å². The number of hydrogen-bond donors (Lipinski definition) is 2. The van der Waals surface area contributed by atoms with E-state index in [1.165, 1.54) is 0 Å². The summed E-state index contributed by atoms with van der Waals surface area (Å²) in [5.41, 5.74) is 5.53. The molecule has 2 N–H and O–H groups in total. The zero-order valence-electron chi connectivity index (χ0n) is 20.1. The molecule has 0 saturated carbocycles. The minimum atomic E-state index is -1.11. The van der Waals surface area contributed by atoms with Crippen LogP contribution in [-0.4, -0.2) is 5.97 Å². The third kappa shape index (κ3) is 3.59. The fourth-order valence-corrected chi connectivity index (χ4v) is 5.38. The molecule has 0 aliphatic carbocycles. The number of hydrogen-bond acceptors (Lipinski definition) is 5. The summed E-state index contributed by atoms with van der Waals surface area (Å²) in [6, 6.07) is 36.9. The summed E-state index contributed by atoms with van der Waals surface area (Å²) in [6.07, 6.45) is 0. The maximum absolute atomic E-state index is 13.0. The van der Waals surface area contributed by atoms with E-state index in [0.717, 1.165) is 39.4 Å². The Hall–Kier alpha value is -4.74. The van der Waals surface area contributed by atoms with Gasteiger partial charge in [-0.3, -0.25) is 0 Å². The van der Waals surface area contributed by atoms with Crippen molar-refractivity contribution in [3.63, 3.8) is 0 Å². The predicted octanol–water partition coefficient (Wildman–Crippen LogP) is 8.40. The van der Waals surface area contributed by atoms with Gasteiger partial charge in [-0.15, -0.1) is 0 Å². The third-order valence-electron chi connectivity index (χ3n) is 6.91. The normalized spacial score (nSPS) is 16.6. The zero-order chi connectivity index (χ0) is 25.7. The quantitative estimate of drug-likeness (QED) is 0.235. The highest BCUT2D eigenvalue weighted by molar-refractivity contribution is 6.30. The van der Waals surface area contributed by atoms with Gasteiger partial charge in [0.25, 0.3) is 0 Å². The van der Waals surface area contributed by atoms with Gasteiger partial charge < -0.3 is 20.1 Å². The molecular weight excluding hydrogens is 496 g/mol. The van der Waals surface area contributed by atoms with Crippen LogP contribution in [0.25, 0.3) is 0 Å². The second-order valence-electron chi connectivity index (χ2n) is 9.26. The molecule has 0 aromatic heterocycles. The van der Waals surface area contributed by atoms with Crippen molar-refractivity contribution < 1.29 is 14.3 Å². The van der Waals surface area contributed by atoms with Gasteiger partial charge in [0.05, 0.1) is 5.56 Å². The van der Waals surface area contributed by atoms with Crippen LogP contribution < -0.4 is 15.4 Å². The SMILES string of the molecule is O=C1OC2(c3ccc(Cl)cc3Oc3cc(Nc4ccc(Nc5ccccc5)cc4)ccc32)c2ccccc21. The number of para-hydroxylation sites is 1. The van der Waals surface area contributed by atoms with E-state index in [4.69, 9.17) is 21.1 Å². The van der Waals surface area contributed by atoms with Gasteiger partial charge in [0.15, 0.2) is 5.60 Å². The Kier molecular flexibility index (Phi) is 5.13. The van der Waals surface area contributed by atoms with Crippen LogP contribution in [0.2, 0.25) is 5.02 Å². The van der Waals surface area contributed by atoms with E-state index in [-0.39, 0.29) is 5.97 Å². The zero-order valence-corrected chi connectivity index (χ0v) is 20.8. The maximum atomic E-state index is 13.0. The number of nitrogens with one attached hydrogen (secondary N) is 2. The monoisotopic (exact) mass is 516 g/mol. The second-order valence-corrected chi connectivity index (χ2v) is 9.70. The molecule has 0 radical (unpaired) electrons. The van der Waals surface area contributed by atoms with Gasteiger partial charge >= 0.3 is 5.97 Å². The number of rotatable bonds is 4. The summed E-state index contributed by atoms with van der Waals surface area (Å²) < 4.78 is 12.5. The van der Waals surface area contributed by atoms with Crippen LogP contribution in [-0.2, 0) is 10.3 Å². The van der Waals surface area contributed by atoms with Gasteiger partial charge in [0.1, 0.15) is 11.5 Å². The number of carbonyl (C=O) groups excluding carboxylic acids is 1. The molecule has 1 atom stereocenters. The largest absolute Gasteiger partial charge is 0.456 e. The van der Waals surface area contributed by atoms with E-state index in [0.29, 0.717) is 22.1 Å². The first kappa shape index (κ1) is 22.5. The average Bonchev–Trinajstić information content (AvgIpc) is 3.23. The van der Waals surface area contributed by atoms with Crippen molar-refractivity contribution in [2.75, 3.05) is 10.6 Å². The summed E-state index contributed by atoms with van der Waals surface area (Å²) >= 11 is 6.32. The van der Waals surface area contributed by atoms with Crippen LogP contribution in [0.4, 0.5) is 22.7 Å². The molecule has 5 aromatic carbocycles. The molecule has 0 saturated heterocycles. The second kappa shape index (κ2) is 8.68. The van der Waals surface area contributed by atoms with Crippen LogP contribution in [0.15, 0.2) is 115 Å². The molecule has 0 fully saturated rings. The maximum Gasteiger partial charge on any atom is 0.340 e. The Balaban J connectivity index is 1.25. The molecule has 1 spiro atoms. The van der Waals surface area contributed by atoms with Crippen molar-refractivity contribution in [1.29, 1.82) is 0 Å². The molecule has 7 rings (SSSR count). The number of fused-ring (bicyclic) bond motifs is 6. The highest BCUT2D eigenvalue weighted by atomic mass is 35.5. The van der Waals surface area contributed by atoms with Crippen molar-refractivity contribution in [3.05, 3.63) is 143 Å². The lowest BCUT2D eigenvalue weighted by molar-refractivity contribution is 0.0224. The number of ether oxygens (including phenoxy) is 2. The summed E-state index contributed by atoms with van der Waals surface area (Å²) in [5.74, 6) is 0.792. The van der Waals surface area contributed by atoms with E-state index in [1.807, 2.05) is 97.1 Å². The van der Waals surface area contributed by atoms with Crippen LogP contribution >= 0.6 is 11.6 Å². The molecule has 5 nitrogen and oxygen atoms in total. The highest BCUT2D eigenvalue weighted by Gasteiger charge is 2.53. The highest BCUT2D eigenvalue weighted by Crippen LogP contribution is 2.56. The van der Waals surface area contributed by atoms with E-state index >= 15 is 0 Å². The minimum absolute atomic E-state index is 0.360. The van der Waals surface area contributed by atoms with Crippen molar-refractivity contribution >= 4 is 40.3 Å². The minimum Gasteiger partial charge on any atom is -0.456 e. The molecule has 184 valence electrons. The lowest BCUT2D eigenvalue weighted by Gasteiger charge is -2.36. The summed E-state index contributed by atoms with van der Waals surface area (Å²) in [5, 5.41) is 7.38. The number of anilines is 4. The van der Waals surface area contributed by atoms with Gasteiger partial charge in [-0.1, -0.05) is 48.0 Å². The molecule has 38 heavy (non-hydrogen) atoms. The average molecular weight is 517 g/mol. The predicted molar refractivity (Wildman–Crippen MR) is 149 cm³/mol. The summed E-state index contributed by atoms with van der Waals surface area (Å²) in [4.78, 5) is 13.0. The lowest BCUT2D eigenvalue weighted by Crippen LogP contribution is -2.33. The Bertz CT molecular complexity index is 1700. The molecular formula is C32H21ClN2O3. The van der Waals surface area contributed by atoms with Crippen molar-refractivity contribution in [2.45, 2.75) is 5.60 Å². The molecule has 2 aliphatic rings. The Morgan fingerprint density at radius 2 is 1.16 bits per heavy atom. The van der Waals surface area contributed by atoms with Crippen molar-refractivity contribution in [1.82, 2.24) is 0 Å². The Labute approximate surface area is 224 Å². The van der Waals surface area contributed by atoms with Crippen LogP contribution in [0.5, 0.6) is 11.5 Å². The van der Waals surface area contributed by atoms with Crippen molar-refractivity contribution in [3.8, 4) is 11.5 Å². The molecule has 6 heteroatoms. The standard InChI is InChI=1S/C32H21ClN2O3/c33-20-10-16-27-29(18-20)37-30-19-24(35-23-13-11-22(12-14-23)34-21-6-2-1-3-7-21)15-17-28(30)32(27)26-9-5-4-8-25(26)31(36)38-32/h1-19,34-35H. The number of halogens is 1. The Morgan fingerprint density at radius 3 is 1.92 bits per heavy atom. The van der Waals surface area contributed by atoms with E-state index < -0.39 is 5.60 Å². The molecule has 0 bridgehead atoms. The Morgan fingerprint density at radius 1 is 0.579 bits per heavy atom. The van der Waals surface area contributed by atoms with Crippen LogP contribution in [0, 0.1) is 0 Å². The van der Waals surface area contributed by atoms with Gasteiger partial charge in [-0.05, 0) is 72.8 Å². The van der Waals surface area contributed by atoms with Gasteiger partial charge in [0, 0.05) is 50.5 Å². The van der Waals surface area contributed by atoms with Crippen LogP contribution in [0.1, 0.15) is 27.0 Å². The first-order valence-electron chi connectivity index (χ1n) is 12.2. The first-order chi connectivity index (χ1) is 18.6. The molecule has 5 aromatic rings. The summed E-state index contributed by atoms with van der Waals surface area (Å²) in [6.45, 7) is 0. The third-order valence-corrected chi connectivity index (χ3v) is 7.15. The first-order valence-corrected chi connectivity index (χ1v) is 12.6.